The van der Waals surface area contributed by atoms with Crippen LogP contribution in [0.15, 0.2) is 34.3 Å². The first-order chi connectivity index (χ1) is 12.0. The van der Waals surface area contributed by atoms with Crippen LogP contribution in [-0.2, 0) is 4.79 Å². The molecule has 2 aromatic rings. The molecular weight excluding hydrogens is 344 g/mol. The predicted octanol–water partition coefficient (Wildman–Crippen LogP) is 0.836. The van der Waals surface area contributed by atoms with Crippen molar-refractivity contribution in [2.45, 2.75) is 0 Å². The van der Waals surface area contributed by atoms with E-state index in [0.29, 0.717) is 42.5 Å². The van der Waals surface area contributed by atoms with E-state index in [1.165, 1.54) is 17.6 Å². The zero-order chi connectivity index (χ0) is 17.8. The molecular formula is C16H18N4O4S. The Morgan fingerprint density at radius 2 is 1.96 bits per heavy atom. The second-order valence-corrected chi connectivity index (χ2v) is 6.54. The van der Waals surface area contributed by atoms with Crippen molar-refractivity contribution < 1.29 is 18.8 Å². The van der Waals surface area contributed by atoms with E-state index in [1.807, 2.05) is 4.90 Å². The molecule has 1 fully saturated rings. The zero-order valence-corrected chi connectivity index (χ0v) is 14.3. The molecule has 3 amide bonds. The molecule has 3 N–H and O–H groups in total. The number of primary amides is 1. The number of amides is 3. The van der Waals surface area contributed by atoms with Crippen molar-refractivity contribution in [2.75, 3.05) is 38.0 Å². The molecule has 9 heteroatoms. The minimum atomic E-state index is -0.568. The molecule has 0 unspecified atom stereocenters. The van der Waals surface area contributed by atoms with Crippen molar-refractivity contribution in [2.24, 2.45) is 5.73 Å². The van der Waals surface area contributed by atoms with E-state index in [4.69, 9.17) is 10.2 Å². The quantitative estimate of drug-likeness (QED) is 0.819. The van der Waals surface area contributed by atoms with Gasteiger partial charge in [-0.15, -0.1) is 11.3 Å². The smallest absolute Gasteiger partial charge is 0.289 e. The van der Waals surface area contributed by atoms with E-state index in [2.05, 4.69) is 5.32 Å². The van der Waals surface area contributed by atoms with Gasteiger partial charge in [0.15, 0.2) is 5.76 Å². The molecule has 3 heterocycles. The highest BCUT2D eigenvalue weighted by atomic mass is 32.1. The van der Waals surface area contributed by atoms with Gasteiger partial charge in [0.2, 0.25) is 5.91 Å². The number of nitrogens with two attached hydrogens (primary N) is 1. The molecule has 8 nitrogen and oxygen atoms in total. The fraction of sp³-hybridized carbons (Fsp3) is 0.312. The Morgan fingerprint density at radius 3 is 2.60 bits per heavy atom. The molecule has 0 aromatic carbocycles. The number of nitrogens with one attached hydrogen (secondary N) is 1. The Morgan fingerprint density at radius 1 is 1.20 bits per heavy atom. The van der Waals surface area contributed by atoms with Gasteiger partial charge in [-0.2, -0.15) is 0 Å². The average Bonchev–Trinajstić information content (AvgIpc) is 3.26. The molecule has 3 rings (SSSR count). The molecule has 1 aliphatic rings. The first-order valence-electron chi connectivity index (χ1n) is 7.77. The number of furan rings is 1. The standard InChI is InChI=1S/C16H18N4O4S/c17-14(22)11-3-9-25-15(11)18-13(21)10-19-4-6-20(7-5-19)16(23)12-2-1-8-24-12/h1-3,8-9H,4-7,10H2,(H2,17,22)(H,18,21). The second-order valence-electron chi connectivity index (χ2n) is 5.62. The topological polar surface area (TPSA) is 109 Å². The second kappa shape index (κ2) is 7.49. The number of carbonyl (C=O) groups excluding carboxylic acids is 3. The average molecular weight is 362 g/mol. The normalized spacial score (nSPS) is 15.1. The summed E-state index contributed by atoms with van der Waals surface area (Å²) in [6.07, 6.45) is 1.47. The number of anilines is 1. The van der Waals surface area contributed by atoms with Gasteiger partial charge in [-0.25, -0.2) is 0 Å². The van der Waals surface area contributed by atoms with Crippen molar-refractivity contribution in [1.29, 1.82) is 0 Å². The summed E-state index contributed by atoms with van der Waals surface area (Å²) in [5, 5.41) is 4.88. The zero-order valence-electron chi connectivity index (χ0n) is 13.4. The molecule has 132 valence electrons. The number of hydrogen-bond donors (Lipinski definition) is 2. The van der Waals surface area contributed by atoms with Crippen LogP contribution in [0, 0.1) is 0 Å². The van der Waals surface area contributed by atoms with Crippen LogP contribution in [0.25, 0.3) is 0 Å². The van der Waals surface area contributed by atoms with Crippen LogP contribution in [0.4, 0.5) is 5.00 Å². The van der Waals surface area contributed by atoms with E-state index in [-0.39, 0.29) is 18.4 Å². The van der Waals surface area contributed by atoms with E-state index in [9.17, 15) is 14.4 Å². The van der Waals surface area contributed by atoms with Gasteiger partial charge in [-0.05, 0) is 23.6 Å². The summed E-state index contributed by atoms with van der Waals surface area (Å²) < 4.78 is 5.12. The summed E-state index contributed by atoms with van der Waals surface area (Å²) in [6, 6.07) is 4.90. The largest absolute Gasteiger partial charge is 0.459 e. The summed E-state index contributed by atoms with van der Waals surface area (Å²) in [4.78, 5) is 39.3. The molecule has 0 spiro atoms. The minimum Gasteiger partial charge on any atom is -0.459 e. The van der Waals surface area contributed by atoms with Crippen molar-refractivity contribution in [3.8, 4) is 0 Å². The maximum absolute atomic E-state index is 12.2. The van der Waals surface area contributed by atoms with Crippen LogP contribution in [0.3, 0.4) is 0 Å². The van der Waals surface area contributed by atoms with Gasteiger partial charge in [-0.3, -0.25) is 19.3 Å². The molecule has 25 heavy (non-hydrogen) atoms. The lowest BCUT2D eigenvalue weighted by Gasteiger charge is -2.33. The number of nitrogens with zero attached hydrogens (tertiary/aromatic N) is 2. The third-order valence-corrected chi connectivity index (χ3v) is 4.77. The minimum absolute atomic E-state index is 0.140. The van der Waals surface area contributed by atoms with Crippen LogP contribution >= 0.6 is 11.3 Å². The lowest BCUT2D eigenvalue weighted by molar-refractivity contribution is -0.117. The third kappa shape index (κ3) is 4.06. The SMILES string of the molecule is NC(=O)c1ccsc1NC(=O)CN1CCN(C(=O)c2ccco2)CC1. The lowest BCUT2D eigenvalue weighted by Crippen LogP contribution is -2.50. The molecule has 0 saturated carbocycles. The van der Waals surface area contributed by atoms with Crippen LogP contribution < -0.4 is 11.1 Å². The summed E-state index contributed by atoms with van der Waals surface area (Å²) >= 11 is 1.26. The highest BCUT2D eigenvalue weighted by molar-refractivity contribution is 7.14. The Bertz CT molecular complexity index is 763. The highest BCUT2D eigenvalue weighted by Crippen LogP contribution is 2.22. The number of carbonyl (C=O) groups is 3. The maximum Gasteiger partial charge on any atom is 0.289 e. The maximum atomic E-state index is 12.2. The summed E-state index contributed by atoms with van der Waals surface area (Å²) in [5.74, 6) is -0.598. The van der Waals surface area contributed by atoms with E-state index < -0.39 is 5.91 Å². The van der Waals surface area contributed by atoms with Gasteiger partial charge < -0.3 is 20.4 Å². The fourth-order valence-corrected chi connectivity index (χ4v) is 3.44. The van der Waals surface area contributed by atoms with Crippen molar-refractivity contribution >= 4 is 34.1 Å². The third-order valence-electron chi connectivity index (χ3n) is 3.94. The predicted molar refractivity (Wildman–Crippen MR) is 92.5 cm³/mol. The van der Waals surface area contributed by atoms with E-state index in [0.717, 1.165) is 0 Å². The first-order valence-corrected chi connectivity index (χ1v) is 8.65. The lowest BCUT2D eigenvalue weighted by atomic mass is 10.2. The van der Waals surface area contributed by atoms with E-state index >= 15 is 0 Å². The number of thiophene rings is 1. The molecule has 0 atom stereocenters. The van der Waals surface area contributed by atoms with Gasteiger partial charge in [0.1, 0.15) is 5.00 Å². The molecule has 2 aromatic heterocycles. The van der Waals surface area contributed by atoms with Crippen molar-refractivity contribution in [3.05, 3.63) is 41.2 Å². The van der Waals surface area contributed by atoms with Gasteiger partial charge >= 0.3 is 0 Å². The summed E-state index contributed by atoms with van der Waals surface area (Å²) in [5.41, 5.74) is 5.58. The Kier molecular flexibility index (Phi) is 5.15. The first kappa shape index (κ1) is 17.2. The van der Waals surface area contributed by atoms with Crippen molar-refractivity contribution in [1.82, 2.24) is 9.80 Å². The van der Waals surface area contributed by atoms with Gasteiger partial charge in [-0.1, -0.05) is 0 Å². The van der Waals surface area contributed by atoms with Crippen molar-refractivity contribution in [3.63, 3.8) is 0 Å². The number of rotatable bonds is 5. The van der Waals surface area contributed by atoms with Gasteiger partial charge in [0.25, 0.3) is 11.8 Å². The number of piperazine rings is 1. The molecule has 0 radical (unpaired) electrons. The summed E-state index contributed by atoms with van der Waals surface area (Å²) in [6.45, 7) is 2.43. The van der Waals surface area contributed by atoms with Crippen LogP contribution in [-0.4, -0.2) is 60.2 Å². The molecule has 1 aliphatic heterocycles. The van der Waals surface area contributed by atoms with Crippen LogP contribution in [0.5, 0.6) is 0 Å². The number of hydrogen-bond acceptors (Lipinski definition) is 6. The van der Waals surface area contributed by atoms with E-state index in [1.54, 1.807) is 28.5 Å². The van der Waals surface area contributed by atoms with Gasteiger partial charge in [0, 0.05) is 26.2 Å². The van der Waals surface area contributed by atoms with Gasteiger partial charge in [0.05, 0.1) is 18.4 Å². The van der Waals surface area contributed by atoms with Crippen LogP contribution in [0.2, 0.25) is 0 Å². The fourth-order valence-electron chi connectivity index (χ4n) is 2.63. The molecule has 0 aliphatic carbocycles. The highest BCUT2D eigenvalue weighted by Gasteiger charge is 2.25. The molecule has 1 saturated heterocycles. The Hall–Kier alpha value is -2.65. The molecule has 0 bridgehead atoms. The van der Waals surface area contributed by atoms with Crippen LogP contribution in [0.1, 0.15) is 20.9 Å². The summed E-state index contributed by atoms with van der Waals surface area (Å²) in [7, 11) is 0. The monoisotopic (exact) mass is 362 g/mol. The Labute approximate surface area is 148 Å². The Balaban J connectivity index is 1.49.